The maximum Gasteiger partial charge on any atom is 0.128 e. The molecule has 0 atom stereocenters. The fraction of sp³-hybridized carbons (Fsp3) is 0. The highest BCUT2D eigenvalue weighted by Gasteiger charge is 2.18. The van der Waals surface area contributed by atoms with Gasteiger partial charge in [-0.05, 0) is 18.2 Å². The van der Waals surface area contributed by atoms with E-state index >= 15 is 0 Å². The monoisotopic (exact) mass is 317 g/mol. The van der Waals surface area contributed by atoms with E-state index in [-0.39, 0.29) is 0 Å². The minimum Gasteiger partial charge on any atom is -0.396 e. The Morgan fingerprint density at radius 2 is 1.87 bits per heavy atom. The van der Waals surface area contributed by atoms with Crippen LogP contribution in [0.1, 0.15) is 5.69 Å². The summed E-state index contributed by atoms with van der Waals surface area (Å²) < 4.78 is 2.06. The number of aromatic nitrogens is 2. The molecule has 0 saturated carbocycles. The van der Waals surface area contributed by atoms with E-state index in [1.165, 1.54) is 0 Å². The molecule has 0 aliphatic rings. The number of hydrogen-bond donors (Lipinski definition) is 1. The first-order valence-electron chi connectivity index (χ1n) is 7.32. The summed E-state index contributed by atoms with van der Waals surface area (Å²) in [6.45, 7) is 3.88. The lowest BCUT2D eigenvalue weighted by Gasteiger charge is -1.98. The summed E-state index contributed by atoms with van der Waals surface area (Å²) in [5.41, 5.74) is 12.1. The Kier molecular flexibility index (Phi) is 3.24. The van der Waals surface area contributed by atoms with Crippen LogP contribution in [0.2, 0.25) is 0 Å². The highest BCUT2D eigenvalue weighted by Crippen LogP contribution is 2.38. The van der Waals surface area contributed by atoms with Gasteiger partial charge in [0.1, 0.15) is 5.01 Å². The Hall–Kier alpha value is -2.85. The highest BCUT2D eigenvalue weighted by atomic mass is 32.1. The molecule has 0 spiro atoms. The topological polar surface area (TPSA) is 43.3 Å². The second-order valence-corrected chi connectivity index (χ2v) is 6.10. The Morgan fingerprint density at radius 1 is 1.09 bits per heavy atom. The molecule has 3 nitrogen and oxygen atoms in total. The summed E-state index contributed by atoms with van der Waals surface area (Å²) in [5.74, 6) is 0. The Bertz CT molecular complexity index is 996. The zero-order valence-corrected chi connectivity index (χ0v) is 13.3. The number of nitrogens with two attached hydrogens (primary N) is 1. The van der Waals surface area contributed by atoms with E-state index < -0.39 is 0 Å². The molecule has 0 bridgehead atoms. The molecule has 2 N–H and O–H groups in total. The van der Waals surface area contributed by atoms with Gasteiger partial charge >= 0.3 is 0 Å². The zero-order chi connectivity index (χ0) is 15.8. The summed E-state index contributed by atoms with van der Waals surface area (Å²) in [5, 5.41) is 3.00. The number of benzene rings is 1. The van der Waals surface area contributed by atoms with Gasteiger partial charge in [-0.1, -0.05) is 43.0 Å². The van der Waals surface area contributed by atoms with E-state index in [2.05, 4.69) is 34.6 Å². The normalized spacial score (nSPS) is 11.0. The van der Waals surface area contributed by atoms with Crippen molar-refractivity contribution < 1.29 is 0 Å². The fourth-order valence-electron chi connectivity index (χ4n) is 2.82. The van der Waals surface area contributed by atoms with E-state index in [0.717, 1.165) is 38.7 Å². The Labute approximate surface area is 138 Å². The predicted octanol–water partition coefficient (Wildman–Crippen LogP) is 4.96. The summed E-state index contributed by atoms with van der Waals surface area (Å²) in [4.78, 5) is 4.80. The van der Waals surface area contributed by atoms with E-state index in [9.17, 15) is 0 Å². The van der Waals surface area contributed by atoms with Crippen molar-refractivity contribution in [3.8, 4) is 21.8 Å². The van der Waals surface area contributed by atoms with Crippen LogP contribution >= 0.6 is 11.3 Å². The Morgan fingerprint density at radius 3 is 2.65 bits per heavy atom. The molecule has 0 fully saturated rings. The molecule has 0 amide bonds. The number of nitrogens with zero attached hydrogens (tertiary/aromatic N) is 2. The number of pyridine rings is 1. The molecule has 23 heavy (non-hydrogen) atoms. The predicted molar refractivity (Wildman–Crippen MR) is 98.4 cm³/mol. The average molecular weight is 317 g/mol. The zero-order valence-electron chi connectivity index (χ0n) is 12.4. The van der Waals surface area contributed by atoms with Gasteiger partial charge in [-0.25, -0.2) is 4.98 Å². The van der Waals surface area contributed by atoms with Gasteiger partial charge in [0, 0.05) is 17.1 Å². The summed E-state index contributed by atoms with van der Waals surface area (Å²) in [6.07, 6.45) is 3.79. The minimum absolute atomic E-state index is 0.722. The molecule has 0 saturated heterocycles. The first-order chi connectivity index (χ1) is 11.3. The quantitative estimate of drug-likeness (QED) is 0.580. The number of anilines is 1. The van der Waals surface area contributed by atoms with Gasteiger partial charge in [-0.3, -0.25) is 0 Å². The van der Waals surface area contributed by atoms with Crippen LogP contribution in [-0.2, 0) is 0 Å². The third kappa shape index (κ3) is 2.15. The van der Waals surface area contributed by atoms with Crippen LogP contribution in [0, 0.1) is 0 Å². The lowest BCUT2D eigenvalue weighted by atomic mass is 10.2. The van der Waals surface area contributed by atoms with E-state index in [1.54, 1.807) is 17.4 Å². The third-order valence-corrected chi connectivity index (χ3v) is 4.76. The van der Waals surface area contributed by atoms with E-state index in [0.29, 0.717) is 0 Å². The third-order valence-electron chi connectivity index (χ3n) is 3.90. The summed E-state index contributed by atoms with van der Waals surface area (Å²) >= 11 is 1.61. The van der Waals surface area contributed by atoms with Crippen molar-refractivity contribution in [1.82, 2.24) is 9.38 Å². The largest absolute Gasteiger partial charge is 0.396 e. The second kappa shape index (κ2) is 5.41. The van der Waals surface area contributed by atoms with Crippen molar-refractivity contribution in [3.05, 3.63) is 72.4 Å². The first-order valence-corrected chi connectivity index (χ1v) is 8.20. The standard InChI is InChI=1S/C19H15N3S/c1-2-15-18(20)17(16-10-6-7-11-22(15)16)19-21-14(12-23-19)13-8-4-3-5-9-13/h2-12H,1,20H2. The van der Waals surface area contributed by atoms with Crippen LogP contribution in [0.5, 0.6) is 0 Å². The maximum atomic E-state index is 6.38. The van der Waals surface area contributed by atoms with Crippen LogP contribution < -0.4 is 5.73 Å². The van der Waals surface area contributed by atoms with Gasteiger partial charge in [0.15, 0.2) is 0 Å². The van der Waals surface area contributed by atoms with E-state index in [1.807, 2.05) is 36.5 Å². The molecule has 1 aromatic carbocycles. The van der Waals surface area contributed by atoms with Crippen molar-refractivity contribution in [2.45, 2.75) is 0 Å². The van der Waals surface area contributed by atoms with Crippen molar-refractivity contribution in [1.29, 1.82) is 0 Å². The molecule has 4 aromatic rings. The number of hydrogen-bond acceptors (Lipinski definition) is 3. The number of fused-ring (bicyclic) bond motifs is 1. The number of nitrogen functional groups attached to an aromatic ring is 1. The highest BCUT2D eigenvalue weighted by molar-refractivity contribution is 7.13. The molecule has 0 unspecified atom stereocenters. The van der Waals surface area contributed by atoms with Crippen LogP contribution in [0.4, 0.5) is 5.69 Å². The number of thiazole rings is 1. The molecular formula is C19H15N3S. The van der Waals surface area contributed by atoms with Crippen LogP contribution in [-0.4, -0.2) is 9.38 Å². The summed E-state index contributed by atoms with van der Waals surface area (Å²) in [6, 6.07) is 16.2. The molecule has 0 aliphatic carbocycles. The molecule has 3 heterocycles. The second-order valence-electron chi connectivity index (χ2n) is 5.24. The van der Waals surface area contributed by atoms with Gasteiger partial charge in [-0.2, -0.15) is 0 Å². The minimum atomic E-state index is 0.722. The van der Waals surface area contributed by atoms with E-state index in [4.69, 9.17) is 10.7 Å². The molecule has 4 rings (SSSR count). The molecule has 112 valence electrons. The summed E-state index contributed by atoms with van der Waals surface area (Å²) in [7, 11) is 0. The molecular weight excluding hydrogens is 302 g/mol. The maximum absolute atomic E-state index is 6.38. The fourth-order valence-corrected chi connectivity index (χ4v) is 3.71. The SMILES string of the molecule is C=Cc1c(N)c(-c2nc(-c3ccccc3)cs2)c2ccccn12. The lowest BCUT2D eigenvalue weighted by Crippen LogP contribution is -1.89. The number of rotatable bonds is 3. The molecule has 3 aromatic heterocycles. The van der Waals surface area contributed by atoms with Gasteiger partial charge in [-0.15, -0.1) is 11.3 Å². The molecule has 4 heteroatoms. The van der Waals surface area contributed by atoms with Gasteiger partial charge < -0.3 is 10.1 Å². The molecule has 0 aliphatic heterocycles. The van der Waals surface area contributed by atoms with Gasteiger partial charge in [0.25, 0.3) is 0 Å². The van der Waals surface area contributed by atoms with Crippen molar-refractivity contribution in [2.75, 3.05) is 5.73 Å². The van der Waals surface area contributed by atoms with Crippen molar-refractivity contribution >= 4 is 28.6 Å². The average Bonchev–Trinajstić information content (AvgIpc) is 3.17. The van der Waals surface area contributed by atoms with Crippen molar-refractivity contribution in [3.63, 3.8) is 0 Å². The van der Waals surface area contributed by atoms with Crippen LogP contribution in [0.25, 0.3) is 33.4 Å². The Balaban J connectivity index is 1.92. The van der Waals surface area contributed by atoms with Gasteiger partial charge in [0.05, 0.1) is 28.2 Å². The first kappa shape index (κ1) is 13.8. The van der Waals surface area contributed by atoms with Crippen LogP contribution in [0.15, 0.2) is 66.7 Å². The van der Waals surface area contributed by atoms with Crippen molar-refractivity contribution in [2.24, 2.45) is 0 Å². The lowest BCUT2D eigenvalue weighted by molar-refractivity contribution is 1.18. The smallest absolute Gasteiger partial charge is 0.128 e. The van der Waals surface area contributed by atoms with Gasteiger partial charge in [0.2, 0.25) is 0 Å². The molecule has 0 radical (unpaired) electrons. The van der Waals surface area contributed by atoms with Crippen LogP contribution in [0.3, 0.4) is 0 Å².